The summed E-state index contributed by atoms with van der Waals surface area (Å²) in [5.74, 6) is 0.107. The normalized spacial score (nSPS) is 11.9. The molecule has 1 aromatic rings. The molecule has 86 valence electrons. The Bertz CT molecular complexity index is 444. The van der Waals surface area contributed by atoms with E-state index in [0.29, 0.717) is 10.9 Å². The number of nitrogens with zero attached hydrogens (tertiary/aromatic N) is 2. The molecule has 1 aromatic carbocycles. The molecule has 0 amide bonds. The maximum atomic E-state index is 10.5. The van der Waals surface area contributed by atoms with E-state index in [2.05, 4.69) is 4.99 Å². The summed E-state index contributed by atoms with van der Waals surface area (Å²) in [6.07, 6.45) is 0. The monoisotopic (exact) mass is 260 g/mol. The summed E-state index contributed by atoms with van der Waals surface area (Å²) in [4.78, 5) is 14.1. The van der Waals surface area contributed by atoms with Gasteiger partial charge in [-0.15, -0.1) is 0 Å². The van der Waals surface area contributed by atoms with E-state index in [9.17, 15) is 10.1 Å². The van der Waals surface area contributed by atoms with Crippen LogP contribution in [0.5, 0.6) is 0 Å². The zero-order valence-corrected chi connectivity index (χ0v) is 10.3. The van der Waals surface area contributed by atoms with Gasteiger partial charge in [-0.3, -0.25) is 10.1 Å². The number of hydrogen-bond acceptors (Lipinski definition) is 3. The van der Waals surface area contributed by atoms with E-state index < -0.39 is 4.92 Å². The fourth-order valence-electron chi connectivity index (χ4n) is 0.966. The fourth-order valence-corrected chi connectivity index (χ4v) is 1.31. The number of halogens is 2. The van der Waals surface area contributed by atoms with Crippen molar-refractivity contribution in [2.45, 2.75) is 13.8 Å². The van der Waals surface area contributed by atoms with Crippen molar-refractivity contribution < 1.29 is 4.92 Å². The van der Waals surface area contributed by atoms with E-state index >= 15 is 0 Å². The first-order valence-corrected chi connectivity index (χ1v) is 5.35. The van der Waals surface area contributed by atoms with E-state index in [0.717, 1.165) is 0 Å². The molecule has 6 heteroatoms. The molecule has 0 saturated heterocycles. The molecule has 0 bridgehead atoms. The standard InChI is InChI=1S/C10H10Cl2N2O2/c1-6(2)10(12)13-7-3-4-9(14(15)16)8(11)5-7/h3-6H,1-2H3. The van der Waals surface area contributed by atoms with E-state index in [1.165, 1.54) is 18.2 Å². The van der Waals surface area contributed by atoms with Gasteiger partial charge in [0.25, 0.3) is 5.69 Å². The van der Waals surface area contributed by atoms with Gasteiger partial charge in [-0.2, -0.15) is 0 Å². The van der Waals surface area contributed by atoms with Gasteiger partial charge < -0.3 is 0 Å². The Morgan fingerprint density at radius 3 is 2.56 bits per heavy atom. The molecule has 0 aliphatic carbocycles. The first kappa shape index (κ1) is 12.9. The van der Waals surface area contributed by atoms with Gasteiger partial charge in [0.2, 0.25) is 0 Å². The van der Waals surface area contributed by atoms with Crippen LogP contribution in [0.25, 0.3) is 0 Å². The minimum absolute atomic E-state index is 0.0551. The number of benzene rings is 1. The van der Waals surface area contributed by atoms with Crippen LogP contribution in [0.1, 0.15) is 13.8 Å². The molecule has 16 heavy (non-hydrogen) atoms. The zero-order chi connectivity index (χ0) is 12.3. The summed E-state index contributed by atoms with van der Waals surface area (Å²) >= 11 is 11.6. The summed E-state index contributed by atoms with van der Waals surface area (Å²) in [5.41, 5.74) is 0.371. The number of nitro benzene ring substituents is 1. The van der Waals surface area contributed by atoms with Crippen molar-refractivity contribution >= 4 is 39.7 Å². The van der Waals surface area contributed by atoms with Crippen LogP contribution in [0.15, 0.2) is 23.2 Å². The second-order valence-electron chi connectivity index (χ2n) is 3.48. The van der Waals surface area contributed by atoms with Crippen LogP contribution in [0.4, 0.5) is 11.4 Å². The molecule has 0 fully saturated rings. The molecule has 0 radical (unpaired) electrons. The first-order valence-electron chi connectivity index (χ1n) is 4.60. The highest BCUT2D eigenvalue weighted by molar-refractivity contribution is 6.66. The van der Waals surface area contributed by atoms with Gasteiger partial charge in [-0.05, 0) is 12.1 Å². The predicted octanol–water partition coefficient (Wildman–Crippen LogP) is 4.17. The van der Waals surface area contributed by atoms with Crippen LogP contribution < -0.4 is 0 Å². The molecule has 0 N–H and O–H groups in total. The van der Waals surface area contributed by atoms with Gasteiger partial charge in [0.1, 0.15) is 10.2 Å². The second kappa shape index (κ2) is 5.27. The summed E-state index contributed by atoms with van der Waals surface area (Å²) in [6, 6.07) is 4.24. The third-order valence-electron chi connectivity index (χ3n) is 1.84. The average Bonchev–Trinajstić information content (AvgIpc) is 2.16. The van der Waals surface area contributed by atoms with Crippen molar-refractivity contribution in [1.29, 1.82) is 0 Å². The average molecular weight is 261 g/mol. The molecule has 4 nitrogen and oxygen atoms in total. The van der Waals surface area contributed by atoms with Gasteiger partial charge in [0, 0.05) is 12.0 Å². The molecule has 0 aliphatic heterocycles. The topological polar surface area (TPSA) is 55.5 Å². The number of aliphatic imine (C=N–C) groups is 1. The maximum Gasteiger partial charge on any atom is 0.288 e. The lowest BCUT2D eigenvalue weighted by Gasteiger charge is -2.02. The predicted molar refractivity (Wildman–Crippen MR) is 65.9 cm³/mol. The number of rotatable bonds is 3. The van der Waals surface area contributed by atoms with Crippen LogP contribution >= 0.6 is 23.2 Å². The molecule has 0 heterocycles. The zero-order valence-electron chi connectivity index (χ0n) is 8.78. The number of hydrogen-bond donors (Lipinski definition) is 0. The molecular formula is C10H10Cl2N2O2. The quantitative estimate of drug-likeness (QED) is 0.465. The lowest BCUT2D eigenvalue weighted by Crippen LogP contribution is -1.97. The largest absolute Gasteiger partial charge is 0.288 e. The molecule has 0 atom stereocenters. The molecular weight excluding hydrogens is 251 g/mol. The maximum absolute atomic E-state index is 10.5. The van der Waals surface area contributed by atoms with Crippen molar-refractivity contribution in [3.05, 3.63) is 33.3 Å². The highest BCUT2D eigenvalue weighted by Gasteiger charge is 2.12. The van der Waals surface area contributed by atoms with Gasteiger partial charge >= 0.3 is 0 Å². The van der Waals surface area contributed by atoms with Crippen molar-refractivity contribution in [2.75, 3.05) is 0 Å². The highest BCUT2D eigenvalue weighted by Crippen LogP contribution is 2.29. The van der Waals surface area contributed by atoms with Gasteiger partial charge in [0.15, 0.2) is 0 Å². The highest BCUT2D eigenvalue weighted by atomic mass is 35.5. The smallest absolute Gasteiger partial charge is 0.258 e. The Morgan fingerprint density at radius 2 is 2.12 bits per heavy atom. The number of nitro groups is 1. The lowest BCUT2D eigenvalue weighted by atomic mass is 10.2. The van der Waals surface area contributed by atoms with E-state index in [1.807, 2.05) is 13.8 Å². The van der Waals surface area contributed by atoms with E-state index in [-0.39, 0.29) is 16.6 Å². The van der Waals surface area contributed by atoms with Crippen molar-refractivity contribution in [3.8, 4) is 0 Å². The summed E-state index contributed by atoms with van der Waals surface area (Å²) in [5, 5.41) is 11.0. The fraction of sp³-hybridized carbons (Fsp3) is 0.300. The third kappa shape index (κ3) is 3.18. The molecule has 0 aromatic heterocycles. The van der Waals surface area contributed by atoms with Crippen LogP contribution in [-0.2, 0) is 0 Å². The van der Waals surface area contributed by atoms with E-state index in [1.54, 1.807) is 0 Å². The van der Waals surface area contributed by atoms with Crippen molar-refractivity contribution in [1.82, 2.24) is 0 Å². The van der Waals surface area contributed by atoms with Gasteiger partial charge in [-0.1, -0.05) is 37.0 Å². The molecule has 0 aliphatic rings. The summed E-state index contributed by atoms with van der Waals surface area (Å²) in [6.45, 7) is 3.80. The Morgan fingerprint density at radius 1 is 1.50 bits per heavy atom. The third-order valence-corrected chi connectivity index (χ3v) is 2.66. The van der Waals surface area contributed by atoms with Crippen molar-refractivity contribution in [3.63, 3.8) is 0 Å². The Labute approximate surface area is 103 Å². The van der Waals surface area contributed by atoms with Gasteiger partial charge in [0.05, 0.1) is 10.6 Å². The molecule has 1 rings (SSSR count). The lowest BCUT2D eigenvalue weighted by molar-refractivity contribution is -0.384. The van der Waals surface area contributed by atoms with Gasteiger partial charge in [-0.25, -0.2) is 4.99 Å². The van der Waals surface area contributed by atoms with Crippen LogP contribution in [-0.4, -0.2) is 10.1 Å². The second-order valence-corrected chi connectivity index (χ2v) is 4.28. The van der Waals surface area contributed by atoms with E-state index in [4.69, 9.17) is 23.2 Å². The Hall–Kier alpha value is -1.13. The molecule has 0 unspecified atom stereocenters. The molecule has 0 spiro atoms. The first-order chi connectivity index (χ1) is 7.41. The SMILES string of the molecule is CC(C)C(Cl)=Nc1ccc([N+](=O)[O-])c(Cl)c1. The minimum Gasteiger partial charge on any atom is -0.258 e. The van der Waals surface area contributed by atoms with Crippen LogP contribution in [0, 0.1) is 16.0 Å². The summed E-state index contributed by atoms with van der Waals surface area (Å²) in [7, 11) is 0. The minimum atomic E-state index is -0.542. The Kier molecular flexibility index (Phi) is 4.26. The van der Waals surface area contributed by atoms with Crippen LogP contribution in [0.2, 0.25) is 5.02 Å². The van der Waals surface area contributed by atoms with Crippen molar-refractivity contribution in [2.24, 2.45) is 10.9 Å². The summed E-state index contributed by atoms with van der Waals surface area (Å²) < 4.78 is 0. The molecule has 0 saturated carbocycles. The Balaban J connectivity index is 3.07. The van der Waals surface area contributed by atoms with Crippen LogP contribution in [0.3, 0.4) is 0 Å².